The van der Waals surface area contributed by atoms with E-state index >= 15 is 0 Å². The molecule has 0 fully saturated rings. The number of ether oxygens (including phenoxy) is 1. The first-order valence-corrected chi connectivity index (χ1v) is 2.92. The average Bonchev–Trinajstić information content (AvgIpc) is 1.90. The van der Waals surface area contributed by atoms with Gasteiger partial charge in [-0.1, -0.05) is 0 Å². The highest BCUT2D eigenvalue weighted by Gasteiger charge is 2.06. The van der Waals surface area contributed by atoms with Gasteiger partial charge < -0.3 is 4.74 Å². The first kappa shape index (κ1) is 9.39. The van der Waals surface area contributed by atoms with Crippen LogP contribution in [-0.2, 0) is 4.74 Å². The van der Waals surface area contributed by atoms with E-state index in [4.69, 9.17) is 4.74 Å². The molecule has 0 aromatic carbocycles. The standard InChI is InChI=1S/C5H8O.BF3/c1-2-4-6-5-3-1;2-1(3)4/h2,4H,1,3,5H2;. The molecule has 5 heteroatoms. The summed E-state index contributed by atoms with van der Waals surface area (Å²) in [5.74, 6) is 0. The molecule has 1 nitrogen and oxygen atoms in total. The molecule has 0 aromatic rings. The summed E-state index contributed by atoms with van der Waals surface area (Å²) in [5, 5.41) is 0. The minimum absolute atomic E-state index is 0.913. The lowest BCUT2D eigenvalue weighted by molar-refractivity contribution is 0.231. The zero-order valence-electron chi connectivity index (χ0n) is 5.40. The lowest BCUT2D eigenvalue weighted by Crippen LogP contribution is -1.90. The number of allylic oxidation sites excluding steroid dienone is 1. The Hall–Kier alpha value is -0.605. The third kappa shape index (κ3) is 10.4. The molecule has 10 heavy (non-hydrogen) atoms. The molecule has 0 amide bonds. The Labute approximate surface area is 58.1 Å². The zero-order valence-corrected chi connectivity index (χ0v) is 5.40. The summed E-state index contributed by atoms with van der Waals surface area (Å²) in [6, 6.07) is 0. The molecular formula is C5H8BF3O. The fourth-order valence-corrected chi connectivity index (χ4v) is 0.489. The molecule has 0 bridgehead atoms. The molecule has 0 aromatic heterocycles. The van der Waals surface area contributed by atoms with E-state index in [2.05, 4.69) is 0 Å². The Morgan fingerprint density at radius 3 is 2.00 bits per heavy atom. The first-order valence-electron chi connectivity index (χ1n) is 2.92. The lowest BCUT2D eigenvalue weighted by Gasteiger charge is -2.01. The van der Waals surface area contributed by atoms with Crippen molar-refractivity contribution in [3.8, 4) is 0 Å². The van der Waals surface area contributed by atoms with Gasteiger partial charge in [0.05, 0.1) is 12.9 Å². The quantitative estimate of drug-likeness (QED) is 0.483. The molecule has 0 saturated heterocycles. The molecule has 58 valence electrons. The normalized spacial score (nSPS) is 14.7. The van der Waals surface area contributed by atoms with E-state index in [-0.39, 0.29) is 0 Å². The van der Waals surface area contributed by atoms with E-state index < -0.39 is 7.54 Å². The van der Waals surface area contributed by atoms with Crippen LogP contribution in [-0.4, -0.2) is 14.2 Å². The molecular weight excluding hydrogens is 144 g/mol. The van der Waals surface area contributed by atoms with Gasteiger partial charge in [-0.2, -0.15) is 0 Å². The van der Waals surface area contributed by atoms with Gasteiger partial charge in [0.25, 0.3) is 0 Å². The third-order valence-corrected chi connectivity index (χ3v) is 0.825. The second kappa shape index (κ2) is 6.51. The van der Waals surface area contributed by atoms with Crippen LogP contribution in [0.5, 0.6) is 0 Å². The van der Waals surface area contributed by atoms with Crippen LogP contribution in [0.2, 0.25) is 0 Å². The van der Waals surface area contributed by atoms with E-state index in [0.717, 1.165) is 6.61 Å². The van der Waals surface area contributed by atoms with Crippen molar-refractivity contribution < 1.29 is 17.7 Å². The maximum absolute atomic E-state index is 9.67. The third-order valence-electron chi connectivity index (χ3n) is 0.825. The van der Waals surface area contributed by atoms with Crippen LogP contribution in [0.25, 0.3) is 0 Å². The van der Waals surface area contributed by atoms with Crippen molar-refractivity contribution in [3.05, 3.63) is 12.3 Å². The summed E-state index contributed by atoms with van der Waals surface area (Å²) in [7, 11) is -3.67. The molecule has 1 heterocycles. The van der Waals surface area contributed by atoms with Gasteiger partial charge in [-0.25, -0.2) is 0 Å². The van der Waals surface area contributed by atoms with Crippen LogP contribution in [0.15, 0.2) is 12.3 Å². The summed E-state index contributed by atoms with van der Waals surface area (Å²) in [6.45, 7) is 0.913. The van der Waals surface area contributed by atoms with Crippen molar-refractivity contribution in [2.45, 2.75) is 12.8 Å². The van der Waals surface area contributed by atoms with Gasteiger partial charge in [-0.3, -0.25) is 12.9 Å². The van der Waals surface area contributed by atoms with Crippen molar-refractivity contribution in [1.82, 2.24) is 0 Å². The first-order chi connectivity index (χ1) is 4.73. The highest BCUT2D eigenvalue weighted by Crippen LogP contribution is 1.97. The molecule has 0 radical (unpaired) electrons. The Balaban J connectivity index is 0.000000180. The van der Waals surface area contributed by atoms with Crippen molar-refractivity contribution in [2.24, 2.45) is 0 Å². The average molecular weight is 152 g/mol. The summed E-state index contributed by atoms with van der Waals surface area (Å²) in [6.07, 6.45) is 6.20. The number of hydrogen-bond acceptors (Lipinski definition) is 1. The van der Waals surface area contributed by atoms with Gasteiger partial charge in [0.2, 0.25) is 0 Å². The van der Waals surface area contributed by atoms with Gasteiger partial charge >= 0.3 is 7.54 Å². The fourth-order valence-electron chi connectivity index (χ4n) is 0.489. The van der Waals surface area contributed by atoms with Crippen LogP contribution >= 0.6 is 0 Å². The second-order valence-electron chi connectivity index (χ2n) is 1.63. The van der Waals surface area contributed by atoms with E-state index in [1.807, 2.05) is 6.08 Å². The minimum Gasteiger partial charge on any atom is -0.502 e. The molecule has 1 aliphatic heterocycles. The molecule has 0 unspecified atom stereocenters. The summed E-state index contributed by atoms with van der Waals surface area (Å²) < 4.78 is 33.9. The van der Waals surface area contributed by atoms with Crippen LogP contribution in [0, 0.1) is 0 Å². The Kier molecular flexibility index (Phi) is 6.12. The molecule has 0 spiro atoms. The van der Waals surface area contributed by atoms with Crippen molar-refractivity contribution in [1.29, 1.82) is 0 Å². The molecule has 0 N–H and O–H groups in total. The SMILES string of the molecule is C1=COCCC1.FB(F)F. The van der Waals surface area contributed by atoms with Crippen LogP contribution in [0.3, 0.4) is 0 Å². The predicted octanol–water partition coefficient (Wildman–Crippen LogP) is 2.19. The van der Waals surface area contributed by atoms with Gasteiger partial charge in [0.15, 0.2) is 0 Å². The van der Waals surface area contributed by atoms with Crippen LogP contribution in [0.1, 0.15) is 12.8 Å². The van der Waals surface area contributed by atoms with Crippen LogP contribution < -0.4 is 0 Å². The van der Waals surface area contributed by atoms with Gasteiger partial charge in [-0.05, 0) is 18.9 Å². The molecule has 0 saturated carbocycles. The smallest absolute Gasteiger partial charge is 0.502 e. The van der Waals surface area contributed by atoms with E-state index in [1.54, 1.807) is 6.26 Å². The van der Waals surface area contributed by atoms with Crippen molar-refractivity contribution in [3.63, 3.8) is 0 Å². The van der Waals surface area contributed by atoms with Crippen molar-refractivity contribution >= 4 is 7.54 Å². The summed E-state index contributed by atoms with van der Waals surface area (Å²) in [4.78, 5) is 0. The topological polar surface area (TPSA) is 9.23 Å². The number of halogens is 3. The fraction of sp³-hybridized carbons (Fsp3) is 0.600. The largest absolute Gasteiger partial charge is 0.762 e. The Morgan fingerprint density at radius 1 is 1.30 bits per heavy atom. The number of rotatable bonds is 0. The lowest BCUT2D eigenvalue weighted by atomic mass is 10.3. The number of hydrogen-bond donors (Lipinski definition) is 0. The molecule has 1 rings (SSSR count). The summed E-state index contributed by atoms with van der Waals surface area (Å²) in [5.41, 5.74) is 0. The van der Waals surface area contributed by atoms with Crippen molar-refractivity contribution in [2.75, 3.05) is 6.61 Å². The van der Waals surface area contributed by atoms with Gasteiger partial charge in [0, 0.05) is 0 Å². The molecule has 1 aliphatic rings. The highest BCUT2D eigenvalue weighted by atomic mass is 19.4. The monoisotopic (exact) mass is 152 g/mol. The molecule has 0 aliphatic carbocycles. The zero-order chi connectivity index (χ0) is 7.82. The second-order valence-corrected chi connectivity index (χ2v) is 1.63. The predicted molar refractivity (Wildman–Crippen MR) is 33.4 cm³/mol. The minimum atomic E-state index is -3.67. The van der Waals surface area contributed by atoms with E-state index in [9.17, 15) is 12.9 Å². The highest BCUT2D eigenvalue weighted by molar-refractivity contribution is 6.33. The Morgan fingerprint density at radius 2 is 1.90 bits per heavy atom. The van der Waals surface area contributed by atoms with E-state index in [1.165, 1.54) is 12.8 Å². The van der Waals surface area contributed by atoms with Gasteiger partial charge in [-0.15, -0.1) is 0 Å². The maximum atomic E-state index is 9.67. The Bertz CT molecular complexity index is 86.1. The van der Waals surface area contributed by atoms with E-state index in [0.29, 0.717) is 0 Å². The van der Waals surface area contributed by atoms with Crippen LogP contribution in [0.4, 0.5) is 12.9 Å². The summed E-state index contributed by atoms with van der Waals surface area (Å²) >= 11 is 0. The maximum Gasteiger partial charge on any atom is 0.762 e. The van der Waals surface area contributed by atoms with Gasteiger partial charge in [0.1, 0.15) is 0 Å². The molecule has 0 atom stereocenters.